The second-order valence-corrected chi connectivity index (χ2v) is 5.49. The van der Waals surface area contributed by atoms with Crippen LogP contribution in [-0.4, -0.2) is 56.0 Å². The number of ether oxygens (including phenoxy) is 1. The van der Waals surface area contributed by atoms with Gasteiger partial charge in [0.25, 0.3) is 5.91 Å². The van der Waals surface area contributed by atoms with Gasteiger partial charge in [-0.25, -0.2) is 0 Å². The van der Waals surface area contributed by atoms with Crippen molar-refractivity contribution in [1.82, 2.24) is 15.1 Å². The lowest BCUT2D eigenvalue weighted by Gasteiger charge is -2.32. The number of methoxy groups -OCH3 is 1. The molecule has 23 heavy (non-hydrogen) atoms. The number of nitrogens with zero attached hydrogens (tertiary/aromatic N) is 3. The lowest BCUT2D eigenvalue weighted by Crippen LogP contribution is -2.47. The Kier molecular flexibility index (Phi) is 6.01. The molecule has 1 aliphatic rings. The van der Waals surface area contributed by atoms with E-state index in [9.17, 15) is 10.1 Å². The van der Waals surface area contributed by atoms with Gasteiger partial charge in [-0.05, 0) is 24.7 Å². The highest BCUT2D eigenvalue weighted by molar-refractivity contribution is 5.97. The highest BCUT2D eigenvalue weighted by atomic mass is 16.5. The Hall–Kier alpha value is -2.52. The number of likely N-dealkylation sites (N-methyl/N-ethyl adjacent to an activating group) is 1. The van der Waals surface area contributed by atoms with Crippen molar-refractivity contribution in [3.8, 4) is 11.8 Å². The van der Waals surface area contributed by atoms with Gasteiger partial charge in [0.05, 0.1) is 7.11 Å². The number of hydrogen-bond acceptors (Lipinski definition) is 5. The maximum absolute atomic E-state index is 12.3. The number of rotatable bonds is 5. The van der Waals surface area contributed by atoms with E-state index in [2.05, 4.69) is 10.2 Å². The molecule has 6 heteroatoms. The molecule has 0 aliphatic carbocycles. The monoisotopic (exact) mass is 314 g/mol. The summed E-state index contributed by atoms with van der Waals surface area (Å²) in [7, 11) is 3.65. The normalized spacial score (nSPS) is 15.9. The van der Waals surface area contributed by atoms with Gasteiger partial charge >= 0.3 is 0 Å². The molecule has 2 rings (SSSR count). The van der Waals surface area contributed by atoms with E-state index in [1.165, 1.54) is 6.20 Å². The van der Waals surface area contributed by atoms with Crippen molar-refractivity contribution in [2.24, 2.45) is 0 Å². The molecule has 1 N–H and O–H groups in total. The molecule has 0 radical (unpaired) electrons. The predicted octanol–water partition coefficient (Wildman–Crippen LogP) is 0.966. The predicted molar refractivity (Wildman–Crippen MR) is 87.6 cm³/mol. The van der Waals surface area contributed by atoms with Crippen molar-refractivity contribution in [3.05, 3.63) is 41.6 Å². The van der Waals surface area contributed by atoms with E-state index < -0.39 is 0 Å². The number of amides is 1. The fourth-order valence-corrected chi connectivity index (χ4v) is 2.34. The van der Waals surface area contributed by atoms with Gasteiger partial charge in [0, 0.05) is 38.9 Å². The van der Waals surface area contributed by atoms with Gasteiger partial charge in [-0.1, -0.05) is 12.1 Å². The molecule has 1 aromatic rings. The molecule has 1 heterocycles. The third-order valence-corrected chi connectivity index (χ3v) is 3.85. The summed E-state index contributed by atoms with van der Waals surface area (Å²) in [5, 5.41) is 12.2. The zero-order valence-corrected chi connectivity index (χ0v) is 13.6. The zero-order valence-electron chi connectivity index (χ0n) is 13.6. The second-order valence-electron chi connectivity index (χ2n) is 5.49. The van der Waals surface area contributed by atoms with Crippen LogP contribution in [0, 0.1) is 11.3 Å². The van der Waals surface area contributed by atoms with Crippen LogP contribution < -0.4 is 10.1 Å². The van der Waals surface area contributed by atoms with Crippen LogP contribution in [0.2, 0.25) is 0 Å². The lowest BCUT2D eigenvalue weighted by atomic mass is 10.2. The van der Waals surface area contributed by atoms with Crippen molar-refractivity contribution >= 4 is 5.91 Å². The third kappa shape index (κ3) is 4.73. The van der Waals surface area contributed by atoms with Gasteiger partial charge < -0.3 is 19.9 Å². The Morgan fingerprint density at radius 1 is 1.30 bits per heavy atom. The van der Waals surface area contributed by atoms with Gasteiger partial charge in [-0.2, -0.15) is 5.26 Å². The molecule has 0 bridgehead atoms. The molecular weight excluding hydrogens is 292 g/mol. The first kappa shape index (κ1) is 16.8. The molecule has 1 aromatic carbocycles. The Bertz CT molecular complexity index is 596. The Morgan fingerprint density at radius 2 is 1.96 bits per heavy atom. The maximum atomic E-state index is 12.3. The molecule has 0 spiro atoms. The number of piperazine rings is 1. The third-order valence-electron chi connectivity index (χ3n) is 3.85. The first-order valence-corrected chi connectivity index (χ1v) is 7.58. The summed E-state index contributed by atoms with van der Waals surface area (Å²) in [6, 6.07) is 9.62. The minimum atomic E-state index is -0.206. The minimum Gasteiger partial charge on any atom is -0.497 e. The number of carbonyl (C=O) groups excluding carboxylic acids is 1. The van der Waals surface area contributed by atoms with E-state index in [-0.39, 0.29) is 11.5 Å². The maximum Gasteiger partial charge on any atom is 0.266 e. The van der Waals surface area contributed by atoms with Gasteiger partial charge in [0.15, 0.2) is 0 Å². The molecule has 0 unspecified atom stereocenters. The van der Waals surface area contributed by atoms with Crippen molar-refractivity contribution in [1.29, 1.82) is 5.26 Å². The molecule has 1 aliphatic heterocycles. The van der Waals surface area contributed by atoms with Crippen LogP contribution in [0.5, 0.6) is 5.75 Å². The van der Waals surface area contributed by atoms with E-state index in [1.54, 1.807) is 12.0 Å². The van der Waals surface area contributed by atoms with Gasteiger partial charge in [-0.15, -0.1) is 0 Å². The van der Waals surface area contributed by atoms with Crippen molar-refractivity contribution in [2.45, 2.75) is 6.54 Å². The standard InChI is InChI=1S/C17H22N4O2/c1-20-7-9-21(10-8-20)17(22)15(11-18)13-19-12-14-3-5-16(23-2)6-4-14/h3-6,13,19H,7-10,12H2,1-2H3/b15-13-. The van der Waals surface area contributed by atoms with Crippen LogP contribution in [0.25, 0.3) is 0 Å². The van der Waals surface area contributed by atoms with Crippen LogP contribution in [0.15, 0.2) is 36.0 Å². The smallest absolute Gasteiger partial charge is 0.266 e. The molecule has 1 fully saturated rings. The first-order chi connectivity index (χ1) is 11.1. The van der Waals surface area contributed by atoms with E-state index in [0.717, 1.165) is 24.4 Å². The van der Waals surface area contributed by atoms with Crippen LogP contribution in [0.4, 0.5) is 0 Å². The molecule has 6 nitrogen and oxygen atoms in total. The average Bonchev–Trinajstić information content (AvgIpc) is 2.59. The highest BCUT2D eigenvalue weighted by Gasteiger charge is 2.21. The second kappa shape index (κ2) is 8.20. The Balaban J connectivity index is 1.90. The summed E-state index contributed by atoms with van der Waals surface area (Å²) in [5.41, 5.74) is 1.19. The molecule has 122 valence electrons. The Morgan fingerprint density at radius 3 is 2.52 bits per heavy atom. The summed E-state index contributed by atoms with van der Waals surface area (Å²) in [5.74, 6) is 0.593. The van der Waals surface area contributed by atoms with Crippen molar-refractivity contribution in [2.75, 3.05) is 40.3 Å². The molecule has 0 saturated carbocycles. The van der Waals surface area contributed by atoms with E-state index >= 15 is 0 Å². The SMILES string of the molecule is COc1ccc(CN/C=C(/C#N)C(=O)N2CCN(C)CC2)cc1. The summed E-state index contributed by atoms with van der Waals surface area (Å²) < 4.78 is 5.11. The van der Waals surface area contributed by atoms with Gasteiger partial charge in [0.1, 0.15) is 17.4 Å². The van der Waals surface area contributed by atoms with Crippen molar-refractivity contribution in [3.63, 3.8) is 0 Å². The topological polar surface area (TPSA) is 68.6 Å². The quantitative estimate of drug-likeness (QED) is 0.648. The summed E-state index contributed by atoms with van der Waals surface area (Å²) >= 11 is 0. The van der Waals surface area contributed by atoms with E-state index in [1.807, 2.05) is 37.4 Å². The molecule has 1 saturated heterocycles. The number of benzene rings is 1. The Labute approximate surface area is 136 Å². The van der Waals surface area contributed by atoms with E-state index in [4.69, 9.17) is 4.74 Å². The number of nitriles is 1. The summed E-state index contributed by atoms with van der Waals surface area (Å²) in [6.07, 6.45) is 1.50. The zero-order chi connectivity index (χ0) is 16.7. The number of hydrogen-bond donors (Lipinski definition) is 1. The largest absolute Gasteiger partial charge is 0.497 e. The summed E-state index contributed by atoms with van der Waals surface area (Å²) in [6.45, 7) is 3.54. The summed E-state index contributed by atoms with van der Waals surface area (Å²) in [4.78, 5) is 16.2. The van der Waals surface area contributed by atoms with Crippen LogP contribution in [0.1, 0.15) is 5.56 Å². The number of carbonyl (C=O) groups is 1. The molecular formula is C17H22N4O2. The van der Waals surface area contributed by atoms with Crippen LogP contribution in [-0.2, 0) is 11.3 Å². The molecule has 0 atom stereocenters. The molecule has 1 amide bonds. The number of nitrogens with one attached hydrogen (secondary N) is 1. The van der Waals surface area contributed by atoms with E-state index in [0.29, 0.717) is 19.6 Å². The minimum absolute atomic E-state index is 0.142. The molecule has 0 aromatic heterocycles. The van der Waals surface area contributed by atoms with Gasteiger partial charge in [0.2, 0.25) is 0 Å². The van der Waals surface area contributed by atoms with Crippen LogP contribution >= 0.6 is 0 Å². The van der Waals surface area contributed by atoms with Gasteiger partial charge in [-0.3, -0.25) is 4.79 Å². The average molecular weight is 314 g/mol. The highest BCUT2D eigenvalue weighted by Crippen LogP contribution is 2.11. The fourth-order valence-electron chi connectivity index (χ4n) is 2.34. The fraction of sp³-hybridized carbons (Fsp3) is 0.412. The van der Waals surface area contributed by atoms with Crippen molar-refractivity contribution < 1.29 is 9.53 Å². The van der Waals surface area contributed by atoms with Crippen LogP contribution in [0.3, 0.4) is 0 Å². The first-order valence-electron chi connectivity index (χ1n) is 7.58. The lowest BCUT2D eigenvalue weighted by molar-refractivity contribution is -0.128.